The molecule has 0 aliphatic carbocycles. The summed E-state index contributed by atoms with van der Waals surface area (Å²) in [5.41, 5.74) is 0.00588. The molecule has 19 heavy (non-hydrogen) atoms. The highest BCUT2D eigenvalue weighted by Crippen LogP contribution is 2.14. The summed E-state index contributed by atoms with van der Waals surface area (Å²) < 4.78 is 28.0. The number of hydrogen-bond donors (Lipinski definition) is 1. The van der Waals surface area contributed by atoms with Gasteiger partial charge in [0.1, 0.15) is 17.3 Å². The van der Waals surface area contributed by atoms with Gasteiger partial charge in [-0.25, -0.2) is 8.78 Å². The first-order chi connectivity index (χ1) is 9.08. The molecule has 0 bridgehead atoms. The van der Waals surface area contributed by atoms with Gasteiger partial charge in [-0.3, -0.25) is 0 Å². The molecule has 0 amide bonds. The van der Waals surface area contributed by atoms with Crippen LogP contribution in [0.4, 0.5) is 8.78 Å². The molecular formula is C12H15F2N5. The summed E-state index contributed by atoms with van der Waals surface area (Å²) in [6.45, 7) is 5.32. The second kappa shape index (κ2) is 5.83. The number of benzene rings is 1. The van der Waals surface area contributed by atoms with Crippen molar-refractivity contribution in [1.29, 1.82) is 0 Å². The van der Waals surface area contributed by atoms with E-state index in [0.29, 0.717) is 18.3 Å². The predicted molar refractivity (Wildman–Crippen MR) is 65.6 cm³/mol. The summed E-state index contributed by atoms with van der Waals surface area (Å²) >= 11 is 0. The number of nitrogens with zero attached hydrogens (tertiary/aromatic N) is 4. The molecule has 0 saturated carbocycles. The minimum absolute atomic E-state index is 0.00588. The Kier molecular flexibility index (Phi) is 4.16. The molecule has 2 rings (SSSR count). The Labute approximate surface area is 109 Å². The van der Waals surface area contributed by atoms with Crippen LogP contribution in [0.15, 0.2) is 18.2 Å². The zero-order valence-corrected chi connectivity index (χ0v) is 10.8. The molecule has 0 spiro atoms. The third-order valence-corrected chi connectivity index (χ3v) is 2.51. The van der Waals surface area contributed by atoms with E-state index in [1.807, 2.05) is 0 Å². The maximum atomic E-state index is 13.7. The standard InChI is InChI=1S/C12H15F2N5/c1-8(2)6-15-7-12-16-17-18-19(12)11-5-9(13)3-4-10(11)14/h3-5,8,15H,6-7H2,1-2H3. The summed E-state index contributed by atoms with van der Waals surface area (Å²) in [6, 6.07) is 3.18. The Morgan fingerprint density at radius 1 is 1.32 bits per heavy atom. The van der Waals surface area contributed by atoms with Gasteiger partial charge in [-0.2, -0.15) is 4.68 Å². The minimum atomic E-state index is -0.571. The zero-order valence-electron chi connectivity index (χ0n) is 10.8. The van der Waals surface area contributed by atoms with Crippen molar-refractivity contribution in [2.24, 2.45) is 5.92 Å². The van der Waals surface area contributed by atoms with Gasteiger partial charge < -0.3 is 5.32 Å². The predicted octanol–water partition coefficient (Wildman–Crippen LogP) is 1.69. The van der Waals surface area contributed by atoms with Gasteiger partial charge in [-0.05, 0) is 35.0 Å². The van der Waals surface area contributed by atoms with E-state index in [9.17, 15) is 8.78 Å². The van der Waals surface area contributed by atoms with E-state index in [2.05, 4.69) is 34.7 Å². The van der Waals surface area contributed by atoms with Crippen LogP contribution in [0.3, 0.4) is 0 Å². The van der Waals surface area contributed by atoms with E-state index in [-0.39, 0.29) is 5.69 Å². The lowest BCUT2D eigenvalue weighted by Crippen LogP contribution is -2.21. The Balaban J connectivity index is 2.21. The molecule has 7 heteroatoms. The fourth-order valence-corrected chi connectivity index (χ4v) is 1.62. The van der Waals surface area contributed by atoms with Crippen LogP contribution in [0.2, 0.25) is 0 Å². The van der Waals surface area contributed by atoms with E-state index >= 15 is 0 Å². The molecule has 5 nitrogen and oxygen atoms in total. The van der Waals surface area contributed by atoms with Crippen molar-refractivity contribution in [3.8, 4) is 5.69 Å². The molecule has 1 aromatic heterocycles. The number of halogens is 2. The Morgan fingerprint density at radius 2 is 2.11 bits per heavy atom. The molecule has 0 unspecified atom stereocenters. The van der Waals surface area contributed by atoms with Gasteiger partial charge in [-0.15, -0.1) is 5.10 Å². The maximum Gasteiger partial charge on any atom is 0.170 e. The third kappa shape index (κ3) is 3.31. The average molecular weight is 267 g/mol. The van der Waals surface area contributed by atoms with Crippen LogP contribution in [0, 0.1) is 17.6 Å². The Bertz CT molecular complexity index is 553. The normalized spacial score (nSPS) is 11.2. The molecule has 1 aromatic carbocycles. The van der Waals surface area contributed by atoms with E-state index in [1.54, 1.807) is 0 Å². The van der Waals surface area contributed by atoms with Crippen molar-refractivity contribution < 1.29 is 8.78 Å². The van der Waals surface area contributed by atoms with Crippen molar-refractivity contribution in [2.75, 3.05) is 6.54 Å². The van der Waals surface area contributed by atoms with Gasteiger partial charge in [0, 0.05) is 6.07 Å². The lowest BCUT2D eigenvalue weighted by atomic mass is 10.2. The highest BCUT2D eigenvalue weighted by atomic mass is 19.1. The van der Waals surface area contributed by atoms with E-state index in [4.69, 9.17) is 0 Å². The van der Waals surface area contributed by atoms with Crippen LogP contribution < -0.4 is 5.32 Å². The lowest BCUT2D eigenvalue weighted by molar-refractivity contribution is 0.532. The molecule has 0 fully saturated rings. The number of hydrogen-bond acceptors (Lipinski definition) is 4. The molecule has 0 saturated heterocycles. The van der Waals surface area contributed by atoms with Crippen molar-refractivity contribution >= 4 is 0 Å². The summed E-state index contributed by atoms with van der Waals surface area (Å²) in [6.07, 6.45) is 0. The van der Waals surface area contributed by atoms with E-state index in [0.717, 1.165) is 24.7 Å². The van der Waals surface area contributed by atoms with Crippen molar-refractivity contribution in [3.63, 3.8) is 0 Å². The van der Waals surface area contributed by atoms with Crippen LogP contribution >= 0.6 is 0 Å². The largest absolute Gasteiger partial charge is 0.310 e. The lowest BCUT2D eigenvalue weighted by Gasteiger charge is -2.08. The Morgan fingerprint density at radius 3 is 2.84 bits per heavy atom. The molecule has 2 aromatic rings. The molecule has 0 radical (unpaired) electrons. The first-order valence-electron chi connectivity index (χ1n) is 6.01. The van der Waals surface area contributed by atoms with Crippen LogP contribution in [0.1, 0.15) is 19.7 Å². The summed E-state index contributed by atoms with van der Waals surface area (Å²) in [5, 5.41) is 14.2. The first-order valence-corrected chi connectivity index (χ1v) is 6.01. The smallest absolute Gasteiger partial charge is 0.170 e. The molecular weight excluding hydrogens is 252 g/mol. The second-order valence-electron chi connectivity index (χ2n) is 4.63. The van der Waals surface area contributed by atoms with Gasteiger partial charge in [0.2, 0.25) is 0 Å². The summed E-state index contributed by atoms with van der Waals surface area (Å²) in [4.78, 5) is 0. The van der Waals surface area contributed by atoms with Crippen molar-refractivity contribution in [2.45, 2.75) is 20.4 Å². The van der Waals surface area contributed by atoms with Crippen LogP contribution in [-0.2, 0) is 6.54 Å². The number of rotatable bonds is 5. The SMILES string of the molecule is CC(C)CNCc1nnnn1-c1cc(F)ccc1F. The molecule has 0 atom stereocenters. The van der Waals surface area contributed by atoms with Gasteiger partial charge >= 0.3 is 0 Å². The molecule has 102 valence electrons. The topological polar surface area (TPSA) is 55.6 Å². The second-order valence-corrected chi connectivity index (χ2v) is 4.63. The first kappa shape index (κ1) is 13.5. The van der Waals surface area contributed by atoms with Crippen LogP contribution in [0.25, 0.3) is 5.69 Å². The quantitative estimate of drug-likeness (QED) is 0.895. The monoisotopic (exact) mass is 267 g/mol. The molecule has 1 heterocycles. The summed E-state index contributed by atoms with van der Waals surface area (Å²) in [7, 11) is 0. The summed E-state index contributed by atoms with van der Waals surface area (Å²) in [5.74, 6) is -0.188. The van der Waals surface area contributed by atoms with Gasteiger partial charge in [0.15, 0.2) is 5.82 Å². The van der Waals surface area contributed by atoms with E-state index in [1.165, 1.54) is 4.68 Å². The fourth-order valence-electron chi connectivity index (χ4n) is 1.62. The fraction of sp³-hybridized carbons (Fsp3) is 0.417. The molecule has 0 aliphatic heterocycles. The van der Waals surface area contributed by atoms with Gasteiger partial charge in [0.05, 0.1) is 6.54 Å². The number of nitrogens with one attached hydrogen (secondary N) is 1. The van der Waals surface area contributed by atoms with Crippen LogP contribution in [-0.4, -0.2) is 26.8 Å². The highest BCUT2D eigenvalue weighted by molar-refractivity contribution is 5.33. The van der Waals surface area contributed by atoms with E-state index < -0.39 is 11.6 Å². The maximum absolute atomic E-state index is 13.7. The zero-order chi connectivity index (χ0) is 13.8. The van der Waals surface area contributed by atoms with Crippen molar-refractivity contribution in [1.82, 2.24) is 25.5 Å². The van der Waals surface area contributed by atoms with Crippen LogP contribution in [0.5, 0.6) is 0 Å². The minimum Gasteiger partial charge on any atom is -0.310 e. The third-order valence-electron chi connectivity index (χ3n) is 2.51. The number of tetrazole rings is 1. The average Bonchev–Trinajstić information content (AvgIpc) is 2.80. The van der Waals surface area contributed by atoms with Crippen molar-refractivity contribution in [3.05, 3.63) is 35.7 Å². The van der Waals surface area contributed by atoms with Gasteiger partial charge in [-0.1, -0.05) is 13.8 Å². The highest BCUT2D eigenvalue weighted by Gasteiger charge is 2.13. The molecule has 0 aliphatic rings. The number of aromatic nitrogens is 4. The van der Waals surface area contributed by atoms with Gasteiger partial charge in [0.25, 0.3) is 0 Å². The Hall–Kier alpha value is -1.89. The molecule has 1 N–H and O–H groups in total.